The number of nitrogens with zero attached hydrogens (tertiary/aromatic N) is 5. The smallest absolute Gasteiger partial charge is 0.224 e. The van der Waals surface area contributed by atoms with Crippen molar-refractivity contribution >= 4 is 45.1 Å². The number of aromatic amines is 2. The fourth-order valence-corrected chi connectivity index (χ4v) is 5.27. The second kappa shape index (κ2) is 9.42. The largest absolute Gasteiger partial charge is 0.335 e. The fourth-order valence-electron chi connectivity index (χ4n) is 4.38. The Kier molecular flexibility index (Phi) is 5.91. The van der Waals surface area contributed by atoms with E-state index in [-0.39, 0.29) is 28.4 Å². The van der Waals surface area contributed by atoms with Crippen LogP contribution in [0.4, 0.5) is 10.1 Å². The van der Waals surface area contributed by atoms with Crippen LogP contribution in [-0.4, -0.2) is 41.0 Å². The van der Waals surface area contributed by atoms with E-state index in [1.165, 1.54) is 23.5 Å². The summed E-state index contributed by atoms with van der Waals surface area (Å²) in [6, 6.07) is 7.73. The Morgan fingerprint density at radius 2 is 1.97 bits per heavy atom. The van der Waals surface area contributed by atoms with Crippen LogP contribution < -0.4 is 5.32 Å². The van der Waals surface area contributed by atoms with E-state index in [0.29, 0.717) is 34.8 Å². The number of H-pyrrole nitrogens is 2. The van der Waals surface area contributed by atoms with E-state index < -0.39 is 5.82 Å². The number of hydrogen-bond acceptors (Lipinski definition) is 7. The molecule has 0 radical (unpaired) electrons. The number of carbonyl (C=O) groups is 1. The van der Waals surface area contributed by atoms with Gasteiger partial charge in [0.15, 0.2) is 17.1 Å². The molecule has 0 unspecified atom stereocenters. The van der Waals surface area contributed by atoms with Crippen LogP contribution in [0.1, 0.15) is 25.1 Å². The molecule has 0 aliphatic rings. The minimum atomic E-state index is -0.520. The summed E-state index contributed by atoms with van der Waals surface area (Å²) in [6.07, 6.45) is 6.57. The lowest BCUT2D eigenvalue weighted by atomic mass is 10.1. The van der Waals surface area contributed by atoms with E-state index >= 15 is 4.39 Å². The molecule has 6 heterocycles. The zero-order valence-electron chi connectivity index (χ0n) is 20.8. The normalized spacial score (nSPS) is 11.6. The minimum absolute atomic E-state index is 0.124. The van der Waals surface area contributed by atoms with Crippen molar-refractivity contribution in [2.45, 2.75) is 27.2 Å². The molecule has 0 fully saturated rings. The molecule has 0 aromatic carbocycles. The molecule has 9 nitrogen and oxygen atoms in total. The highest BCUT2D eigenvalue weighted by atomic mass is 32.1. The number of aromatic nitrogens is 7. The maximum atomic E-state index is 16.0. The summed E-state index contributed by atoms with van der Waals surface area (Å²) in [7, 11) is 0. The summed E-state index contributed by atoms with van der Waals surface area (Å²) >= 11 is 1.68. The van der Waals surface area contributed by atoms with Gasteiger partial charge in [-0.1, -0.05) is 13.8 Å². The molecular weight excluding hydrogens is 503 g/mol. The van der Waals surface area contributed by atoms with E-state index in [1.54, 1.807) is 23.6 Å². The number of aryl methyl sites for hydroxylation is 1. The fraction of sp³-hybridized carbons (Fsp3) is 0.185. The predicted molar refractivity (Wildman–Crippen MR) is 146 cm³/mol. The van der Waals surface area contributed by atoms with Gasteiger partial charge in [-0.25, -0.2) is 19.3 Å². The van der Waals surface area contributed by atoms with Crippen molar-refractivity contribution in [1.29, 1.82) is 0 Å². The molecule has 0 saturated carbocycles. The third-order valence-corrected chi connectivity index (χ3v) is 7.11. The van der Waals surface area contributed by atoms with Crippen molar-refractivity contribution in [1.82, 2.24) is 35.1 Å². The quantitative estimate of drug-likeness (QED) is 0.240. The molecule has 3 N–H and O–H groups in total. The lowest BCUT2D eigenvalue weighted by Crippen LogP contribution is -2.14. The third kappa shape index (κ3) is 4.30. The van der Waals surface area contributed by atoms with Gasteiger partial charge in [0, 0.05) is 51.5 Å². The van der Waals surface area contributed by atoms with Gasteiger partial charge in [-0.2, -0.15) is 5.10 Å². The molecule has 190 valence electrons. The lowest BCUT2D eigenvalue weighted by molar-refractivity contribution is -0.116. The molecule has 0 bridgehead atoms. The van der Waals surface area contributed by atoms with Gasteiger partial charge in [0.2, 0.25) is 5.91 Å². The van der Waals surface area contributed by atoms with Crippen LogP contribution in [0.3, 0.4) is 0 Å². The molecule has 0 saturated heterocycles. The lowest BCUT2D eigenvalue weighted by Gasteiger charge is -2.09. The number of hydrogen-bond donors (Lipinski definition) is 3. The summed E-state index contributed by atoms with van der Waals surface area (Å²) in [5.41, 5.74) is 4.03. The van der Waals surface area contributed by atoms with Gasteiger partial charge in [0.05, 0.1) is 22.8 Å². The van der Waals surface area contributed by atoms with Crippen LogP contribution in [0, 0.1) is 18.7 Å². The van der Waals surface area contributed by atoms with Crippen LogP contribution >= 0.6 is 11.3 Å². The summed E-state index contributed by atoms with van der Waals surface area (Å²) in [5, 5.41) is 10.1. The molecule has 1 amide bonds. The van der Waals surface area contributed by atoms with Gasteiger partial charge >= 0.3 is 0 Å². The van der Waals surface area contributed by atoms with Gasteiger partial charge in [0.1, 0.15) is 11.5 Å². The van der Waals surface area contributed by atoms with Crippen molar-refractivity contribution in [3.05, 3.63) is 59.7 Å². The molecule has 11 heteroatoms. The van der Waals surface area contributed by atoms with Crippen LogP contribution in [0.25, 0.3) is 55.3 Å². The SMILES string of the molecule is Cc1ccc(-c2ccnc3nc(-c4[nH]nc5ncc(-c6cncc(NC(=O)CC(C)C)c6)c(F)c45)[nH]c23)s1. The standard InChI is InChI=1S/C27H23FN8OS/c1-13(2)8-20(37)32-16-9-15(10-29-11-16)18-12-31-25-21(22(18)28)24(35-36-25)27-33-23-17(6-7-30-26(23)34-27)19-5-4-14(3)38-19/h4-7,9-13H,8H2,1-3H3,(H,32,37)(H,30,33,34)(H,31,35,36). The molecule has 38 heavy (non-hydrogen) atoms. The molecule has 0 atom stereocenters. The van der Waals surface area contributed by atoms with E-state index in [4.69, 9.17) is 0 Å². The molecule has 0 aliphatic carbocycles. The van der Waals surface area contributed by atoms with Crippen LogP contribution in [-0.2, 0) is 4.79 Å². The van der Waals surface area contributed by atoms with E-state index in [1.807, 2.05) is 19.9 Å². The van der Waals surface area contributed by atoms with Gasteiger partial charge in [-0.3, -0.25) is 14.9 Å². The predicted octanol–water partition coefficient (Wildman–Crippen LogP) is 6.12. The van der Waals surface area contributed by atoms with E-state index in [0.717, 1.165) is 16.0 Å². The topological polar surface area (TPSA) is 125 Å². The Hall–Kier alpha value is -4.51. The van der Waals surface area contributed by atoms with Gasteiger partial charge in [0.25, 0.3) is 0 Å². The highest BCUT2D eigenvalue weighted by molar-refractivity contribution is 7.15. The Morgan fingerprint density at radius 3 is 2.76 bits per heavy atom. The summed E-state index contributed by atoms with van der Waals surface area (Å²) < 4.78 is 16.0. The van der Waals surface area contributed by atoms with E-state index in [2.05, 4.69) is 59.5 Å². The van der Waals surface area contributed by atoms with E-state index in [9.17, 15) is 4.79 Å². The Morgan fingerprint density at radius 1 is 1.11 bits per heavy atom. The van der Waals surface area contributed by atoms with Gasteiger partial charge in [-0.15, -0.1) is 11.3 Å². The van der Waals surface area contributed by atoms with Crippen molar-refractivity contribution in [3.63, 3.8) is 0 Å². The highest BCUT2D eigenvalue weighted by Crippen LogP contribution is 2.36. The zero-order valence-corrected chi connectivity index (χ0v) is 21.7. The van der Waals surface area contributed by atoms with Crippen LogP contribution in [0.2, 0.25) is 0 Å². The number of carbonyl (C=O) groups excluding carboxylic acids is 1. The third-order valence-electron chi connectivity index (χ3n) is 6.08. The second-order valence-electron chi connectivity index (χ2n) is 9.44. The number of thiophene rings is 1. The maximum absolute atomic E-state index is 16.0. The zero-order chi connectivity index (χ0) is 26.4. The first-order valence-corrected chi connectivity index (χ1v) is 12.9. The molecule has 0 spiro atoms. The summed E-state index contributed by atoms with van der Waals surface area (Å²) in [5.74, 6) is -0.0236. The van der Waals surface area contributed by atoms with Crippen LogP contribution in [0.15, 0.2) is 49.1 Å². The summed E-state index contributed by atoms with van der Waals surface area (Å²) in [6.45, 7) is 5.99. The monoisotopic (exact) mass is 526 g/mol. The molecule has 0 aliphatic heterocycles. The highest BCUT2D eigenvalue weighted by Gasteiger charge is 2.21. The number of nitrogens with one attached hydrogen (secondary N) is 3. The molecular formula is C27H23FN8OS. The molecule has 6 rings (SSSR count). The number of halogens is 1. The number of pyridine rings is 3. The van der Waals surface area contributed by atoms with Crippen molar-refractivity contribution < 1.29 is 9.18 Å². The molecule has 6 aromatic heterocycles. The second-order valence-corrected chi connectivity index (χ2v) is 10.7. The van der Waals surface area contributed by atoms with Gasteiger partial charge in [-0.05, 0) is 37.1 Å². The number of imidazole rings is 1. The maximum Gasteiger partial charge on any atom is 0.224 e. The average molecular weight is 527 g/mol. The number of anilines is 1. The van der Waals surface area contributed by atoms with Crippen molar-refractivity contribution in [3.8, 4) is 33.1 Å². The average Bonchev–Trinajstić information content (AvgIpc) is 3.61. The minimum Gasteiger partial charge on any atom is -0.335 e. The number of rotatable bonds is 6. The van der Waals surface area contributed by atoms with Crippen molar-refractivity contribution in [2.75, 3.05) is 5.32 Å². The van der Waals surface area contributed by atoms with Gasteiger partial charge < -0.3 is 10.3 Å². The molecule has 6 aromatic rings. The summed E-state index contributed by atoms with van der Waals surface area (Å²) in [4.78, 5) is 35.4. The first kappa shape index (κ1) is 23.9. The first-order valence-electron chi connectivity index (χ1n) is 12.1. The Balaban J connectivity index is 1.42. The van der Waals surface area contributed by atoms with Crippen molar-refractivity contribution in [2.24, 2.45) is 5.92 Å². The van der Waals surface area contributed by atoms with Crippen LogP contribution in [0.5, 0.6) is 0 Å². The Labute approximate surface area is 220 Å². The number of amides is 1. The first-order chi connectivity index (χ1) is 18.4. The number of fused-ring (bicyclic) bond motifs is 2. The Bertz CT molecular complexity index is 1820.